The highest BCUT2D eigenvalue weighted by atomic mass is 16.6. The molecule has 3 heterocycles. The molecule has 1 aromatic carbocycles. The van der Waals surface area contributed by atoms with Gasteiger partial charge < -0.3 is 15.2 Å². The normalized spacial score (nSPS) is 15.7. The van der Waals surface area contributed by atoms with Gasteiger partial charge in [0, 0.05) is 18.5 Å². The number of aromatic nitrogens is 3. The van der Waals surface area contributed by atoms with Crippen molar-refractivity contribution in [2.75, 3.05) is 13.2 Å². The summed E-state index contributed by atoms with van der Waals surface area (Å²) in [6, 6.07) is 8.14. The molecule has 7 nitrogen and oxygen atoms in total. The van der Waals surface area contributed by atoms with Gasteiger partial charge in [-0.2, -0.15) is 5.10 Å². The Hall–Kier alpha value is -3.09. The number of carbonyl (C=O) groups is 1. The number of nitrogens with two attached hydrogens (primary N) is 1. The van der Waals surface area contributed by atoms with E-state index in [1.165, 1.54) is 18.4 Å². The Kier molecular flexibility index (Phi) is 4.15. The van der Waals surface area contributed by atoms with Gasteiger partial charge in [0.25, 0.3) is 0 Å². The van der Waals surface area contributed by atoms with Gasteiger partial charge >= 0.3 is 0 Å². The molecule has 1 saturated carbocycles. The molecule has 0 unspecified atom stereocenters. The second-order valence-corrected chi connectivity index (χ2v) is 7.40. The summed E-state index contributed by atoms with van der Waals surface area (Å²) in [6.45, 7) is 1.81. The van der Waals surface area contributed by atoms with Gasteiger partial charge in [0.1, 0.15) is 18.7 Å². The van der Waals surface area contributed by atoms with E-state index in [1.54, 1.807) is 0 Å². The number of ether oxygens (including phenoxy) is 2. The van der Waals surface area contributed by atoms with Crippen LogP contribution in [0.5, 0.6) is 11.5 Å². The van der Waals surface area contributed by atoms with Crippen LogP contribution in [0.25, 0.3) is 22.3 Å². The monoisotopic (exact) mass is 378 g/mol. The SMILES string of the molecule is NC(=O)CCCn1ncc2nc(-c3ccc4c(c3)OCCO4)cc(C3CC3)c21. The highest BCUT2D eigenvalue weighted by molar-refractivity contribution is 5.83. The molecule has 3 aromatic rings. The van der Waals surface area contributed by atoms with Gasteiger partial charge in [-0.15, -0.1) is 0 Å². The van der Waals surface area contributed by atoms with Crippen LogP contribution in [0.15, 0.2) is 30.5 Å². The van der Waals surface area contributed by atoms with Gasteiger partial charge in [0.2, 0.25) is 5.91 Å². The Morgan fingerprint density at radius 2 is 2.00 bits per heavy atom. The van der Waals surface area contributed by atoms with E-state index in [-0.39, 0.29) is 5.91 Å². The third-order valence-electron chi connectivity index (χ3n) is 5.27. The standard InChI is InChI=1S/C21H22N4O3/c22-20(26)2-1-7-25-21-15(13-3-4-13)11-16(24-17(21)12-23-25)14-5-6-18-19(10-14)28-9-8-27-18/h5-6,10-13H,1-4,7-9H2,(H2,22,26). The first-order valence-electron chi connectivity index (χ1n) is 9.74. The molecule has 1 fully saturated rings. The summed E-state index contributed by atoms with van der Waals surface area (Å²) >= 11 is 0. The summed E-state index contributed by atoms with van der Waals surface area (Å²) in [5.41, 5.74) is 10.4. The van der Waals surface area contributed by atoms with E-state index in [0.717, 1.165) is 33.8 Å². The number of nitrogens with zero attached hydrogens (tertiary/aromatic N) is 3. The first-order valence-corrected chi connectivity index (χ1v) is 9.74. The van der Waals surface area contributed by atoms with Crippen LogP contribution in [0.2, 0.25) is 0 Å². The molecule has 2 N–H and O–H groups in total. The molecule has 0 spiro atoms. The number of aryl methyl sites for hydroxylation is 1. The number of rotatable bonds is 6. The van der Waals surface area contributed by atoms with Gasteiger partial charge in [0.15, 0.2) is 11.5 Å². The molecule has 5 rings (SSSR count). The molecule has 1 aliphatic heterocycles. The van der Waals surface area contributed by atoms with Crippen molar-refractivity contribution < 1.29 is 14.3 Å². The van der Waals surface area contributed by atoms with Crippen molar-refractivity contribution in [3.63, 3.8) is 0 Å². The number of carbonyl (C=O) groups excluding carboxylic acids is 1. The summed E-state index contributed by atoms with van der Waals surface area (Å²) < 4.78 is 13.3. The Morgan fingerprint density at radius 3 is 2.79 bits per heavy atom. The minimum Gasteiger partial charge on any atom is -0.486 e. The van der Waals surface area contributed by atoms with Gasteiger partial charge in [-0.3, -0.25) is 9.48 Å². The Morgan fingerprint density at radius 1 is 1.18 bits per heavy atom. The fourth-order valence-corrected chi connectivity index (χ4v) is 3.76. The van der Waals surface area contributed by atoms with Crippen molar-refractivity contribution >= 4 is 16.9 Å². The van der Waals surface area contributed by atoms with Crippen molar-refractivity contribution in [3.8, 4) is 22.8 Å². The Balaban J connectivity index is 1.54. The molecular formula is C21H22N4O3. The van der Waals surface area contributed by atoms with Crippen molar-refractivity contribution in [3.05, 3.63) is 36.0 Å². The predicted octanol–water partition coefficient (Wildman–Crippen LogP) is 3.01. The van der Waals surface area contributed by atoms with Crippen LogP contribution in [0.3, 0.4) is 0 Å². The van der Waals surface area contributed by atoms with Crippen molar-refractivity contribution in [2.24, 2.45) is 5.73 Å². The second kappa shape index (κ2) is 6.82. The fraction of sp³-hybridized carbons (Fsp3) is 0.381. The van der Waals surface area contributed by atoms with Crippen molar-refractivity contribution in [1.82, 2.24) is 14.8 Å². The average molecular weight is 378 g/mol. The summed E-state index contributed by atoms with van der Waals surface area (Å²) in [7, 11) is 0. The zero-order valence-electron chi connectivity index (χ0n) is 15.6. The maximum absolute atomic E-state index is 11.0. The lowest BCUT2D eigenvalue weighted by molar-refractivity contribution is -0.118. The number of fused-ring (bicyclic) bond motifs is 2. The largest absolute Gasteiger partial charge is 0.486 e. The molecule has 28 heavy (non-hydrogen) atoms. The zero-order valence-corrected chi connectivity index (χ0v) is 15.6. The smallest absolute Gasteiger partial charge is 0.217 e. The topological polar surface area (TPSA) is 92.3 Å². The van der Waals surface area contributed by atoms with E-state index in [4.69, 9.17) is 20.2 Å². The van der Waals surface area contributed by atoms with Crippen LogP contribution in [0.1, 0.15) is 37.2 Å². The molecule has 0 atom stereocenters. The lowest BCUT2D eigenvalue weighted by Gasteiger charge is -2.19. The molecule has 7 heteroatoms. The van der Waals surface area contributed by atoms with Gasteiger partial charge in [-0.05, 0) is 55.0 Å². The van der Waals surface area contributed by atoms with Crippen LogP contribution in [0, 0.1) is 0 Å². The first-order chi connectivity index (χ1) is 13.7. The maximum Gasteiger partial charge on any atom is 0.217 e. The number of pyridine rings is 1. The van der Waals surface area contributed by atoms with Crippen molar-refractivity contribution in [2.45, 2.75) is 38.1 Å². The summed E-state index contributed by atoms with van der Waals surface area (Å²) in [5, 5.41) is 4.53. The van der Waals surface area contributed by atoms with Gasteiger partial charge in [0.05, 0.1) is 17.4 Å². The van der Waals surface area contributed by atoms with E-state index in [2.05, 4.69) is 11.2 Å². The van der Waals surface area contributed by atoms with Crippen LogP contribution in [-0.4, -0.2) is 33.9 Å². The molecule has 2 aliphatic rings. The molecule has 1 aliphatic carbocycles. The highest BCUT2D eigenvalue weighted by Crippen LogP contribution is 2.44. The molecule has 0 bridgehead atoms. The van der Waals surface area contributed by atoms with Gasteiger partial charge in [-0.25, -0.2) is 4.98 Å². The quantitative estimate of drug-likeness (QED) is 0.712. The molecule has 0 radical (unpaired) electrons. The third kappa shape index (κ3) is 3.17. The van der Waals surface area contributed by atoms with Gasteiger partial charge in [-0.1, -0.05) is 0 Å². The fourth-order valence-electron chi connectivity index (χ4n) is 3.76. The minimum absolute atomic E-state index is 0.280. The average Bonchev–Trinajstić information content (AvgIpc) is 3.48. The summed E-state index contributed by atoms with van der Waals surface area (Å²) in [4.78, 5) is 15.9. The van der Waals surface area contributed by atoms with E-state index in [1.807, 2.05) is 29.1 Å². The van der Waals surface area contributed by atoms with E-state index in [0.29, 0.717) is 38.5 Å². The number of hydrogen-bond acceptors (Lipinski definition) is 5. The molecule has 144 valence electrons. The number of benzene rings is 1. The molecule has 1 amide bonds. The van der Waals surface area contributed by atoms with Crippen LogP contribution in [0.4, 0.5) is 0 Å². The van der Waals surface area contributed by atoms with Crippen LogP contribution < -0.4 is 15.2 Å². The highest BCUT2D eigenvalue weighted by Gasteiger charge is 2.28. The minimum atomic E-state index is -0.280. The summed E-state index contributed by atoms with van der Waals surface area (Å²) in [6.07, 6.45) is 5.23. The molecular weight excluding hydrogens is 356 g/mol. The predicted molar refractivity (Wildman–Crippen MR) is 104 cm³/mol. The van der Waals surface area contributed by atoms with E-state index in [9.17, 15) is 4.79 Å². The third-order valence-corrected chi connectivity index (χ3v) is 5.27. The summed E-state index contributed by atoms with van der Waals surface area (Å²) in [5.74, 6) is 1.81. The molecule has 2 aromatic heterocycles. The van der Waals surface area contributed by atoms with Crippen molar-refractivity contribution in [1.29, 1.82) is 0 Å². The second-order valence-electron chi connectivity index (χ2n) is 7.40. The first kappa shape index (κ1) is 17.0. The maximum atomic E-state index is 11.0. The van der Waals surface area contributed by atoms with E-state index >= 15 is 0 Å². The molecule has 0 saturated heterocycles. The van der Waals surface area contributed by atoms with E-state index < -0.39 is 0 Å². The number of hydrogen-bond donors (Lipinski definition) is 1. The Labute approximate surface area is 162 Å². The zero-order chi connectivity index (χ0) is 19.1. The lowest BCUT2D eigenvalue weighted by atomic mass is 10.0. The Bertz CT molecular complexity index is 1060. The number of amides is 1. The van der Waals surface area contributed by atoms with Crippen LogP contribution in [-0.2, 0) is 11.3 Å². The lowest BCUT2D eigenvalue weighted by Crippen LogP contribution is -2.15. The number of primary amides is 1. The van der Waals surface area contributed by atoms with Crippen LogP contribution >= 0.6 is 0 Å².